The van der Waals surface area contributed by atoms with Crippen LogP contribution in [0.3, 0.4) is 0 Å². The molecule has 288 valence electrons. The van der Waals surface area contributed by atoms with E-state index in [2.05, 4.69) is 192 Å². The fraction of sp³-hybridized carbons (Fsp3) is 0.170. The Morgan fingerprint density at radius 1 is 0.542 bits per heavy atom. The normalized spacial score (nSPS) is 12.8. The van der Waals surface area contributed by atoms with E-state index >= 15 is 0 Å². The van der Waals surface area contributed by atoms with Crippen LogP contribution in [0.15, 0.2) is 134 Å². The summed E-state index contributed by atoms with van der Waals surface area (Å²) in [6.07, 6.45) is 3.78. The maximum absolute atomic E-state index is 6.68. The zero-order valence-electron chi connectivity index (χ0n) is 35.1. The van der Waals surface area contributed by atoms with E-state index in [4.69, 9.17) is 9.72 Å². The number of nitrogens with zero attached hydrogens (tertiary/aromatic N) is 4. The lowest BCUT2D eigenvalue weighted by Crippen LogP contribution is -2.61. The molecule has 8 aromatic rings. The summed E-state index contributed by atoms with van der Waals surface area (Å²) < 4.78 is 6.68. The number of aryl methyl sites for hydroxylation is 6. The first-order valence-corrected chi connectivity index (χ1v) is 20.7. The number of rotatable bonds is 6. The van der Waals surface area contributed by atoms with Crippen molar-refractivity contribution >= 4 is 68.0 Å². The van der Waals surface area contributed by atoms with Gasteiger partial charge in [0, 0.05) is 52.2 Å². The standard InChI is InChI=1S/C53H47BN4O/c1-31(2)39-21-22-55-49(29-39)59-41-17-19-46-44(30-41)54-43-28-40(51-42-13-10-9-12-38(42)20-23-56-51)16-18-45(43)57(52-34(5)24-32(3)25-35(52)6)47-14-11-15-48(50(47)54)58(46)53-36(7)26-33(4)27-37(53)8/h9-31H,1-8H3. The zero-order valence-corrected chi connectivity index (χ0v) is 35.1. The highest BCUT2D eigenvalue weighted by Gasteiger charge is 2.44. The molecule has 0 aliphatic carbocycles. The van der Waals surface area contributed by atoms with Gasteiger partial charge in [0.05, 0.1) is 17.1 Å². The molecule has 2 aliphatic heterocycles. The first kappa shape index (κ1) is 36.7. The average Bonchev–Trinajstić information content (AvgIpc) is 3.21. The molecule has 10 rings (SSSR count). The Bertz CT molecular complexity index is 2940. The van der Waals surface area contributed by atoms with Crippen molar-refractivity contribution in [1.82, 2.24) is 9.97 Å². The molecule has 5 nitrogen and oxygen atoms in total. The van der Waals surface area contributed by atoms with Gasteiger partial charge < -0.3 is 14.5 Å². The smallest absolute Gasteiger partial charge is 0.252 e. The molecule has 0 N–H and O–H groups in total. The number of hydrogen-bond donors (Lipinski definition) is 0. The number of benzene rings is 6. The van der Waals surface area contributed by atoms with E-state index in [1.807, 2.05) is 12.4 Å². The van der Waals surface area contributed by atoms with Crippen LogP contribution in [0.25, 0.3) is 22.0 Å². The van der Waals surface area contributed by atoms with Crippen molar-refractivity contribution in [1.29, 1.82) is 0 Å². The van der Waals surface area contributed by atoms with Gasteiger partial charge >= 0.3 is 0 Å². The predicted molar refractivity (Wildman–Crippen MR) is 248 cm³/mol. The van der Waals surface area contributed by atoms with Crippen molar-refractivity contribution in [2.75, 3.05) is 9.80 Å². The molecule has 2 aliphatic rings. The molecule has 6 aromatic carbocycles. The molecule has 59 heavy (non-hydrogen) atoms. The number of anilines is 6. The Morgan fingerprint density at radius 3 is 1.78 bits per heavy atom. The molecule has 0 fully saturated rings. The fourth-order valence-corrected chi connectivity index (χ4v) is 9.97. The van der Waals surface area contributed by atoms with Crippen molar-refractivity contribution in [3.05, 3.63) is 173 Å². The molecule has 2 aromatic heterocycles. The highest BCUT2D eigenvalue weighted by molar-refractivity contribution is 7.00. The molecule has 0 radical (unpaired) electrons. The SMILES string of the molecule is Cc1cc(C)c(N2c3ccc(Oc4cc(C(C)C)ccn4)cc3B3c4cc(-c5nccc6ccccc56)ccc4N(c4c(C)cc(C)cc4C)c4cccc2c43)c(C)c1. The van der Waals surface area contributed by atoms with Gasteiger partial charge in [-0.3, -0.25) is 4.98 Å². The summed E-state index contributed by atoms with van der Waals surface area (Å²) in [6.45, 7) is 17.6. The zero-order chi connectivity index (χ0) is 40.7. The van der Waals surface area contributed by atoms with Crippen LogP contribution in [0.1, 0.15) is 58.7 Å². The van der Waals surface area contributed by atoms with Crippen LogP contribution in [-0.2, 0) is 0 Å². The number of fused-ring (bicyclic) bond motifs is 5. The minimum Gasteiger partial charge on any atom is -0.439 e. The minimum absolute atomic E-state index is 0.107. The Morgan fingerprint density at radius 2 is 1.14 bits per heavy atom. The monoisotopic (exact) mass is 766 g/mol. The van der Waals surface area contributed by atoms with E-state index in [1.165, 1.54) is 89.2 Å². The van der Waals surface area contributed by atoms with Crippen molar-refractivity contribution < 1.29 is 4.74 Å². The first-order valence-electron chi connectivity index (χ1n) is 20.7. The van der Waals surface area contributed by atoms with E-state index in [9.17, 15) is 0 Å². The van der Waals surface area contributed by atoms with Crippen LogP contribution >= 0.6 is 0 Å². The van der Waals surface area contributed by atoms with Crippen LogP contribution in [-0.4, -0.2) is 16.7 Å². The van der Waals surface area contributed by atoms with Gasteiger partial charge in [-0.05, 0) is 146 Å². The lowest BCUT2D eigenvalue weighted by atomic mass is 9.33. The van der Waals surface area contributed by atoms with Gasteiger partial charge in [0.1, 0.15) is 5.75 Å². The summed E-state index contributed by atoms with van der Waals surface area (Å²) in [5.41, 5.74) is 21.5. The Balaban J connectivity index is 1.28. The predicted octanol–water partition coefficient (Wildman–Crippen LogP) is 12.1. The summed E-state index contributed by atoms with van der Waals surface area (Å²) in [7, 11) is 0. The molecule has 0 amide bonds. The topological polar surface area (TPSA) is 41.5 Å². The molecule has 0 unspecified atom stereocenters. The van der Waals surface area contributed by atoms with Gasteiger partial charge in [-0.25, -0.2) is 4.98 Å². The van der Waals surface area contributed by atoms with Crippen molar-refractivity contribution in [3.8, 4) is 22.9 Å². The van der Waals surface area contributed by atoms with Crippen LogP contribution in [0.4, 0.5) is 34.1 Å². The third kappa shape index (κ3) is 6.00. The van der Waals surface area contributed by atoms with Crippen LogP contribution in [0.2, 0.25) is 0 Å². The van der Waals surface area contributed by atoms with E-state index in [0.29, 0.717) is 11.8 Å². The van der Waals surface area contributed by atoms with E-state index in [-0.39, 0.29) is 6.71 Å². The molecule has 0 saturated heterocycles. The molecule has 0 spiro atoms. The molecule has 0 saturated carbocycles. The molecular formula is C53H47BN4O. The maximum atomic E-state index is 6.68. The third-order valence-corrected chi connectivity index (χ3v) is 12.3. The van der Waals surface area contributed by atoms with Gasteiger partial charge in [-0.15, -0.1) is 0 Å². The van der Waals surface area contributed by atoms with Gasteiger partial charge in [0.15, 0.2) is 0 Å². The van der Waals surface area contributed by atoms with E-state index in [0.717, 1.165) is 28.1 Å². The van der Waals surface area contributed by atoms with Gasteiger partial charge in [0.2, 0.25) is 5.88 Å². The second-order valence-electron chi connectivity index (χ2n) is 16.9. The lowest BCUT2D eigenvalue weighted by Gasteiger charge is -2.45. The summed E-state index contributed by atoms with van der Waals surface area (Å²) in [5, 5.41) is 2.32. The third-order valence-electron chi connectivity index (χ3n) is 12.3. The van der Waals surface area contributed by atoms with E-state index in [1.54, 1.807) is 0 Å². The maximum Gasteiger partial charge on any atom is 0.252 e. The first-order chi connectivity index (χ1) is 28.5. The summed E-state index contributed by atoms with van der Waals surface area (Å²) in [4.78, 5) is 14.7. The summed E-state index contributed by atoms with van der Waals surface area (Å²) >= 11 is 0. The van der Waals surface area contributed by atoms with Crippen LogP contribution < -0.4 is 30.9 Å². The Kier molecular flexibility index (Phi) is 8.71. The second kappa shape index (κ2) is 14.0. The number of pyridine rings is 2. The van der Waals surface area contributed by atoms with E-state index < -0.39 is 0 Å². The highest BCUT2D eigenvalue weighted by Crippen LogP contribution is 2.48. The molecule has 0 bridgehead atoms. The van der Waals surface area contributed by atoms with Crippen molar-refractivity contribution in [2.24, 2.45) is 0 Å². The fourth-order valence-electron chi connectivity index (χ4n) is 9.97. The van der Waals surface area contributed by atoms with Crippen molar-refractivity contribution in [2.45, 2.75) is 61.3 Å². The Labute approximate surface area is 348 Å². The van der Waals surface area contributed by atoms with Crippen LogP contribution in [0, 0.1) is 41.5 Å². The molecule has 4 heterocycles. The molecular weight excluding hydrogens is 719 g/mol. The molecule has 6 heteroatoms. The highest BCUT2D eigenvalue weighted by atomic mass is 16.5. The minimum atomic E-state index is -0.107. The number of aromatic nitrogens is 2. The average molecular weight is 767 g/mol. The number of ether oxygens (including phenoxy) is 1. The second-order valence-corrected chi connectivity index (χ2v) is 16.9. The van der Waals surface area contributed by atoms with Crippen LogP contribution in [0.5, 0.6) is 11.6 Å². The quantitative estimate of drug-likeness (QED) is 0.158. The number of hydrogen-bond acceptors (Lipinski definition) is 5. The summed E-state index contributed by atoms with van der Waals surface area (Å²) in [6, 6.07) is 44.5. The van der Waals surface area contributed by atoms with Gasteiger partial charge in [0.25, 0.3) is 6.71 Å². The molecule has 0 atom stereocenters. The van der Waals surface area contributed by atoms with Gasteiger partial charge in [-0.2, -0.15) is 0 Å². The van der Waals surface area contributed by atoms with Gasteiger partial charge in [-0.1, -0.05) is 91.7 Å². The summed E-state index contributed by atoms with van der Waals surface area (Å²) in [5.74, 6) is 1.72. The Hall–Kier alpha value is -6.66. The van der Waals surface area contributed by atoms with Crippen molar-refractivity contribution in [3.63, 3.8) is 0 Å². The lowest BCUT2D eigenvalue weighted by molar-refractivity contribution is 0.462. The largest absolute Gasteiger partial charge is 0.439 e.